The molecule has 5 N–H and O–H groups in total. The van der Waals surface area contributed by atoms with Crippen molar-refractivity contribution in [3.63, 3.8) is 0 Å². The van der Waals surface area contributed by atoms with Crippen LogP contribution in [-0.4, -0.2) is 35.3 Å². The summed E-state index contributed by atoms with van der Waals surface area (Å²) < 4.78 is 30.5. The lowest BCUT2D eigenvalue weighted by molar-refractivity contribution is -0.120. The number of carbonyl (C=O) groups is 1. The van der Waals surface area contributed by atoms with Gasteiger partial charge in [0.15, 0.2) is 0 Å². The smallest absolute Gasteiger partial charge is 0.359 e. The van der Waals surface area contributed by atoms with Crippen molar-refractivity contribution in [2.24, 2.45) is 11.1 Å². The summed E-state index contributed by atoms with van der Waals surface area (Å²) in [4.78, 5) is 11.1. The zero-order valence-corrected chi connectivity index (χ0v) is 9.64. The largest absolute Gasteiger partial charge is 0.412 e. The Kier molecular flexibility index (Phi) is 5.79. The van der Waals surface area contributed by atoms with Gasteiger partial charge in [-0.05, 0) is 24.8 Å². The molecule has 1 amide bonds. The molecule has 1 unspecified atom stereocenters. The molecule has 9 heteroatoms. The molecule has 0 aromatic carbocycles. The normalized spacial score (nSPS) is 21.9. The van der Waals surface area contributed by atoms with Crippen LogP contribution in [0.4, 0.5) is 0 Å². The predicted molar refractivity (Wildman–Crippen MR) is 59.0 cm³/mol. The highest BCUT2D eigenvalue weighted by Gasteiger charge is 2.20. The molecule has 8 nitrogen and oxygen atoms in total. The molecule has 1 aliphatic rings. The van der Waals surface area contributed by atoms with Gasteiger partial charge in [-0.25, -0.2) is 4.72 Å². The van der Waals surface area contributed by atoms with Crippen molar-refractivity contribution in [2.75, 3.05) is 0 Å². The van der Waals surface area contributed by atoms with Crippen LogP contribution in [0.1, 0.15) is 19.3 Å². The van der Waals surface area contributed by atoms with E-state index in [1.807, 2.05) is 0 Å². The SMILES string of the molecule is O.O=C(CC1CC=CC(=NO)C1)NS(=O)(=O)O. The summed E-state index contributed by atoms with van der Waals surface area (Å²) in [7, 11) is -4.49. The van der Waals surface area contributed by atoms with Gasteiger partial charge in [0, 0.05) is 6.42 Å². The zero-order chi connectivity index (χ0) is 12.2. The Morgan fingerprint density at radius 1 is 1.59 bits per heavy atom. The molecule has 0 aliphatic heterocycles. The van der Waals surface area contributed by atoms with Gasteiger partial charge in [-0.15, -0.1) is 0 Å². The third kappa shape index (κ3) is 6.00. The molecule has 0 fully saturated rings. The Labute approximate surface area is 98.2 Å². The topological polar surface area (TPSA) is 148 Å². The second-order valence-corrected chi connectivity index (χ2v) is 4.66. The van der Waals surface area contributed by atoms with Crippen LogP contribution < -0.4 is 4.72 Å². The number of nitrogens with zero attached hydrogens (tertiary/aromatic N) is 1. The molecule has 0 spiro atoms. The Hall–Kier alpha value is -1.45. The average Bonchev–Trinajstić information content (AvgIpc) is 2.15. The van der Waals surface area contributed by atoms with E-state index >= 15 is 0 Å². The molecule has 0 saturated carbocycles. The van der Waals surface area contributed by atoms with Crippen LogP contribution in [0.2, 0.25) is 0 Å². The van der Waals surface area contributed by atoms with Crippen molar-refractivity contribution in [1.29, 1.82) is 0 Å². The molecule has 1 atom stereocenters. The van der Waals surface area contributed by atoms with Gasteiger partial charge in [0.05, 0.1) is 5.71 Å². The molecule has 17 heavy (non-hydrogen) atoms. The Bertz CT molecular complexity index is 427. The summed E-state index contributed by atoms with van der Waals surface area (Å²) in [6.45, 7) is 0. The van der Waals surface area contributed by atoms with Crippen molar-refractivity contribution in [2.45, 2.75) is 19.3 Å². The molecular formula is C8H14N2O6S. The van der Waals surface area contributed by atoms with E-state index < -0.39 is 16.2 Å². The van der Waals surface area contributed by atoms with Crippen molar-refractivity contribution < 1.29 is 28.4 Å². The highest BCUT2D eigenvalue weighted by Crippen LogP contribution is 2.20. The molecule has 0 bridgehead atoms. The van der Waals surface area contributed by atoms with Crippen LogP contribution in [-0.2, 0) is 15.1 Å². The van der Waals surface area contributed by atoms with Crippen molar-refractivity contribution in [3.8, 4) is 0 Å². The molecule has 0 saturated heterocycles. The van der Waals surface area contributed by atoms with Gasteiger partial charge in [-0.1, -0.05) is 11.2 Å². The van der Waals surface area contributed by atoms with E-state index in [1.165, 1.54) is 4.72 Å². The molecule has 0 radical (unpaired) electrons. The van der Waals surface area contributed by atoms with Crippen LogP contribution in [0, 0.1) is 5.92 Å². The number of allylic oxidation sites excluding steroid dienone is 2. The molecule has 1 rings (SSSR count). The van der Waals surface area contributed by atoms with E-state index in [0.717, 1.165) is 0 Å². The van der Waals surface area contributed by atoms with Crippen LogP contribution >= 0.6 is 0 Å². The number of hydrogen-bond donors (Lipinski definition) is 3. The molecule has 0 aromatic heterocycles. The molecule has 98 valence electrons. The van der Waals surface area contributed by atoms with Crippen molar-refractivity contribution in [1.82, 2.24) is 4.72 Å². The van der Waals surface area contributed by atoms with Crippen LogP contribution in [0.25, 0.3) is 0 Å². The minimum Gasteiger partial charge on any atom is -0.412 e. The van der Waals surface area contributed by atoms with Gasteiger partial charge < -0.3 is 10.7 Å². The van der Waals surface area contributed by atoms with Crippen LogP contribution in [0.5, 0.6) is 0 Å². The highest BCUT2D eigenvalue weighted by atomic mass is 32.2. The first-order valence-corrected chi connectivity index (χ1v) is 6.00. The van der Waals surface area contributed by atoms with E-state index in [-0.39, 0.29) is 17.8 Å². The van der Waals surface area contributed by atoms with E-state index in [9.17, 15) is 13.2 Å². The third-order valence-corrected chi connectivity index (χ3v) is 2.61. The Morgan fingerprint density at radius 3 is 2.76 bits per heavy atom. The van der Waals surface area contributed by atoms with Crippen LogP contribution in [0.3, 0.4) is 0 Å². The van der Waals surface area contributed by atoms with Gasteiger partial charge in [0.1, 0.15) is 0 Å². The number of oxime groups is 1. The first-order valence-electron chi connectivity index (χ1n) is 4.56. The minimum atomic E-state index is -4.49. The summed E-state index contributed by atoms with van der Waals surface area (Å²) in [5.74, 6) is -0.905. The minimum absolute atomic E-state index is 0. The van der Waals surface area contributed by atoms with E-state index in [0.29, 0.717) is 18.6 Å². The van der Waals surface area contributed by atoms with E-state index in [4.69, 9.17) is 9.76 Å². The molecule has 1 aliphatic carbocycles. The Balaban J connectivity index is 0.00000256. The van der Waals surface area contributed by atoms with E-state index in [2.05, 4.69) is 5.16 Å². The van der Waals surface area contributed by atoms with Gasteiger partial charge >= 0.3 is 10.3 Å². The van der Waals surface area contributed by atoms with E-state index in [1.54, 1.807) is 12.2 Å². The number of rotatable bonds is 3. The molecule has 0 heterocycles. The maximum atomic E-state index is 11.1. The Morgan fingerprint density at radius 2 is 2.24 bits per heavy atom. The third-order valence-electron chi connectivity index (χ3n) is 2.12. The van der Waals surface area contributed by atoms with Crippen molar-refractivity contribution in [3.05, 3.63) is 12.2 Å². The standard InChI is InChI=1S/C8H12N2O5S.H2O/c11-8(10-16(13,14)15)5-6-2-1-3-7(4-6)9-12;/h1,3,6,12H,2,4-5H2,(H,10,11)(H,13,14,15);1H2. The number of nitrogens with one attached hydrogen (secondary N) is 1. The second kappa shape index (κ2) is 6.33. The van der Waals surface area contributed by atoms with Gasteiger partial charge in [0.25, 0.3) is 0 Å². The fraction of sp³-hybridized carbons (Fsp3) is 0.500. The maximum absolute atomic E-state index is 11.1. The first-order chi connectivity index (χ1) is 7.40. The zero-order valence-electron chi connectivity index (χ0n) is 8.83. The summed E-state index contributed by atoms with van der Waals surface area (Å²) in [5.41, 5.74) is 0.441. The average molecular weight is 266 g/mol. The predicted octanol–water partition coefficient (Wildman–Crippen LogP) is -0.733. The summed E-state index contributed by atoms with van der Waals surface area (Å²) >= 11 is 0. The lowest BCUT2D eigenvalue weighted by Crippen LogP contribution is -2.31. The fourth-order valence-corrected chi connectivity index (χ4v) is 1.89. The lowest BCUT2D eigenvalue weighted by Gasteiger charge is -2.17. The summed E-state index contributed by atoms with van der Waals surface area (Å²) in [6, 6.07) is 0. The summed E-state index contributed by atoms with van der Waals surface area (Å²) in [6.07, 6.45) is 4.31. The van der Waals surface area contributed by atoms with Gasteiger partial charge in [-0.3, -0.25) is 9.35 Å². The fourth-order valence-electron chi connectivity index (χ4n) is 1.52. The maximum Gasteiger partial charge on any atom is 0.359 e. The van der Waals surface area contributed by atoms with Crippen LogP contribution in [0.15, 0.2) is 17.3 Å². The number of hydrogen-bond acceptors (Lipinski definition) is 5. The first kappa shape index (κ1) is 15.6. The highest BCUT2D eigenvalue weighted by molar-refractivity contribution is 7.84. The number of amides is 1. The second-order valence-electron chi connectivity index (χ2n) is 3.50. The lowest BCUT2D eigenvalue weighted by atomic mass is 9.90. The molecular weight excluding hydrogens is 252 g/mol. The monoisotopic (exact) mass is 266 g/mol. The van der Waals surface area contributed by atoms with Crippen molar-refractivity contribution >= 4 is 21.9 Å². The molecule has 0 aromatic rings. The van der Waals surface area contributed by atoms with Gasteiger partial charge in [-0.2, -0.15) is 8.42 Å². The summed E-state index contributed by atoms with van der Waals surface area (Å²) in [5, 5.41) is 11.5. The van der Waals surface area contributed by atoms with Gasteiger partial charge in [0.2, 0.25) is 5.91 Å². The quantitative estimate of drug-likeness (QED) is 0.350. The number of carbonyl (C=O) groups excluding carboxylic acids is 1.